The summed E-state index contributed by atoms with van der Waals surface area (Å²) in [6, 6.07) is 5.26. The van der Waals surface area contributed by atoms with Crippen molar-refractivity contribution >= 4 is 17.6 Å². The lowest BCUT2D eigenvalue weighted by atomic mass is 9.96. The predicted octanol–water partition coefficient (Wildman–Crippen LogP) is 2.79. The molecule has 0 aliphatic heterocycles. The van der Waals surface area contributed by atoms with E-state index in [1.54, 1.807) is 12.1 Å². The third-order valence-corrected chi connectivity index (χ3v) is 3.06. The molecule has 1 aromatic rings. The van der Waals surface area contributed by atoms with Gasteiger partial charge in [0.1, 0.15) is 0 Å². The molecule has 0 amide bonds. The minimum Gasteiger partial charge on any atom is -0.479 e. The molecule has 15 heavy (non-hydrogen) atoms. The molecular formula is C11H10ClFO2. The van der Waals surface area contributed by atoms with Crippen LogP contribution in [0.3, 0.4) is 0 Å². The number of fused-ring (bicyclic) bond motifs is 1. The maximum atomic E-state index is 13.4. The SMILES string of the molecule is O=C(O)C(F)C1CCc2ccc(Cl)cc21. The van der Waals surface area contributed by atoms with E-state index in [1.165, 1.54) is 0 Å². The Morgan fingerprint density at radius 3 is 3.00 bits per heavy atom. The van der Waals surface area contributed by atoms with Gasteiger partial charge in [0.15, 0.2) is 0 Å². The van der Waals surface area contributed by atoms with Gasteiger partial charge in [-0.15, -0.1) is 0 Å². The molecule has 0 saturated heterocycles. The van der Waals surface area contributed by atoms with Crippen molar-refractivity contribution in [3.8, 4) is 0 Å². The minimum absolute atomic E-state index is 0.526. The van der Waals surface area contributed by atoms with E-state index in [4.69, 9.17) is 16.7 Å². The second-order valence-corrected chi connectivity index (χ2v) is 4.16. The van der Waals surface area contributed by atoms with Gasteiger partial charge in [-0.05, 0) is 36.1 Å². The molecule has 1 N–H and O–H groups in total. The average Bonchev–Trinajstić information content (AvgIpc) is 2.59. The summed E-state index contributed by atoms with van der Waals surface area (Å²) >= 11 is 5.80. The Morgan fingerprint density at radius 1 is 1.60 bits per heavy atom. The Balaban J connectivity index is 2.35. The summed E-state index contributed by atoms with van der Waals surface area (Å²) in [4.78, 5) is 10.6. The van der Waals surface area contributed by atoms with Crippen LogP contribution in [0.1, 0.15) is 23.5 Å². The largest absolute Gasteiger partial charge is 0.479 e. The van der Waals surface area contributed by atoms with Crippen molar-refractivity contribution in [3.05, 3.63) is 34.3 Å². The van der Waals surface area contributed by atoms with Crippen LogP contribution >= 0.6 is 11.6 Å². The quantitative estimate of drug-likeness (QED) is 0.845. The third kappa shape index (κ3) is 1.84. The second kappa shape index (κ2) is 3.81. The highest BCUT2D eigenvalue weighted by atomic mass is 35.5. The third-order valence-electron chi connectivity index (χ3n) is 2.82. The Kier molecular flexibility index (Phi) is 2.65. The van der Waals surface area contributed by atoms with E-state index in [0.29, 0.717) is 11.4 Å². The Hall–Kier alpha value is -1.09. The summed E-state index contributed by atoms with van der Waals surface area (Å²) in [7, 11) is 0. The van der Waals surface area contributed by atoms with Crippen LogP contribution in [0.15, 0.2) is 18.2 Å². The molecule has 80 valence electrons. The Labute approximate surface area is 91.7 Å². The van der Waals surface area contributed by atoms with Crippen LogP contribution in [0, 0.1) is 0 Å². The zero-order chi connectivity index (χ0) is 11.0. The number of halogens is 2. The summed E-state index contributed by atoms with van der Waals surface area (Å²) in [6.07, 6.45) is -0.557. The monoisotopic (exact) mass is 228 g/mol. The molecule has 0 bridgehead atoms. The van der Waals surface area contributed by atoms with E-state index in [1.807, 2.05) is 6.07 Å². The van der Waals surface area contributed by atoms with E-state index in [9.17, 15) is 9.18 Å². The number of carboxylic acids is 1. The van der Waals surface area contributed by atoms with E-state index in [2.05, 4.69) is 0 Å². The molecule has 0 fully saturated rings. The van der Waals surface area contributed by atoms with E-state index in [0.717, 1.165) is 17.5 Å². The number of carboxylic acid groups (broad SMARTS) is 1. The van der Waals surface area contributed by atoms with Gasteiger partial charge in [-0.3, -0.25) is 0 Å². The van der Waals surface area contributed by atoms with Crippen LogP contribution in [0.4, 0.5) is 4.39 Å². The number of hydrogen-bond donors (Lipinski definition) is 1. The van der Waals surface area contributed by atoms with Crippen LogP contribution in [0.2, 0.25) is 5.02 Å². The average molecular weight is 229 g/mol. The summed E-state index contributed by atoms with van der Waals surface area (Å²) in [6.45, 7) is 0. The standard InChI is InChI=1S/C11H10ClFO2/c12-7-3-1-6-2-4-8(9(6)5-7)10(13)11(14)15/h1,3,5,8,10H,2,4H2,(H,14,15). The molecule has 1 aliphatic rings. The fourth-order valence-corrected chi connectivity index (χ4v) is 2.26. The highest BCUT2D eigenvalue weighted by Gasteiger charge is 2.34. The maximum Gasteiger partial charge on any atom is 0.338 e. The van der Waals surface area contributed by atoms with Crippen molar-refractivity contribution in [2.75, 3.05) is 0 Å². The molecule has 2 atom stereocenters. The maximum absolute atomic E-state index is 13.4. The highest BCUT2D eigenvalue weighted by Crippen LogP contribution is 2.38. The number of alkyl halides is 1. The molecule has 4 heteroatoms. The molecular weight excluding hydrogens is 219 g/mol. The van der Waals surface area contributed by atoms with Gasteiger partial charge in [0.05, 0.1) is 0 Å². The number of aliphatic carboxylic acids is 1. The smallest absolute Gasteiger partial charge is 0.338 e. The normalized spacial score (nSPS) is 21.1. The first-order chi connectivity index (χ1) is 7.09. The predicted molar refractivity (Wildman–Crippen MR) is 55.0 cm³/mol. The van der Waals surface area contributed by atoms with Crippen molar-refractivity contribution in [1.82, 2.24) is 0 Å². The highest BCUT2D eigenvalue weighted by molar-refractivity contribution is 6.30. The zero-order valence-corrected chi connectivity index (χ0v) is 8.67. The van der Waals surface area contributed by atoms with Crippen LogP contribution in [0.5, 0.6) is 0 Å². The molecule has 2 nitrogen and oxygen atoms in total. The first-order valence-electron chi connectivity index (χ1n) is 4.75. The van der Waals surface area contributed by atoms with Gasteiger partial charge < -0.3 is 5.11 Å². The zero-order valence-electron chi connectivity index (χ0n) is 7.91. The van der Waals surface area contributed by atoms with Crippen LogP contribution in [-0.4, -0.2) is 17.2 Å². The van der Waals surface area contributed by atoms with Crippen LogP contribution in [0.25, 0.3) is 0 Å². The molecule has 0 spiro atoms. The molecule has 1 aromatic carbocycles. The minimum atomic E-state index is -1.83. The Bertz CT molecular complexity index is 406. The van der Waals surface area contributed by atoms with Gasteiger partial charge in [-0.1, -0.05) is 17.7 Å². The number of rotatable bonds is 2. The van der Waals surface area contributed by atoms with Crippen LogP contribution < -0.4 is 0 Å². The van der Waals surface area contributed by atoms with Gasteiger partial charge in [-0.25, -0.2) is 9.18 Å². The first-order valence-corrected chi connectivity index (χ1v) is 5.12. The van der Waals surface area contributed by atoms with Crippen molar-refractivity contribution in [2.45, 2.75) is 24.9 Å². The molecule has 0 saturated carbocycles. The molecule has 2 rings (SSSR count). The lowest BCUT2D eigenvalue weighted by Crippen LogP contribution is -2.21. The van der Waals surface area contributed by atoms with Gasteiger partial charge >= 0.3 is 5.97 Å². The number of carbonyl (C=O) groups is 1. The summed E-state index contributed by atoms with van der Waals surface area (Å²) < 4.78 is 13.4. The second-order valence-electron chi connectivity index (χ2n) is 3.73. The molecule has 0 aromatic heterocycles. The molecule has 0 heterocycles. The molecule has 0 radical (unpaired) electrons. The van der Waals surface area contributed by atoms with Gasteiger partial charge in [0.25, 0.3) is 0 Å². The summed E-state index contributed by atoms with van der Waals surface area (Å²) in [5.74, 6) is -1.94. The van der Waals surface area contributed by atoms with E-state index in [-0.39, 0.29) is 0 Å². The van der Waals surface area contributed by atoms with E-state index >= 15 is 0 Å². The fraction of sp³-hybridized carbons (Fsp3) is 0.364. The number of hydrogen-bond acceptors (Lipinski definition) is 1. The topological polar surface area (TPSA) is 37.3 Å². The van der Waals surface area contributed by atoms with Crippen molar-refractivity contribution in [2.24, 2.45) is 0 Å². The van der Waals surface area contributed by atoms with Gasteiger partial charge in [-0.2, -0.15) is 0 Å². The van der Waals surface area contributed by atoms with Crippen LogP contribution in [-0.2, 0) is 11.2 Å². The first kappa shape index (κ1) is 10.4. The lowest BCUT2D eigenvalue weighted by molar-refractivity contribution is -0.143. The van der Waals surface area contributed by atoms with Crippen molar-refractivity contribution in [3.63, 3.8) is 0 Å². The summed E-state index contributed by atoms with van der Waals surface area (Å²) in [5, 5.41) is 9.16. The fourth-order valence-electron chi connectivity index (χ4n) is 2.08. The Morgan fingerprint density at radius 2 is 2.33 bits per heavy atom. The number of benzene rings is 1. The summed E-state index contributed by atoms with van der Waals surface area (Å²) in [5.41, 5.74) is 1.76. The van der Waals surface area contributed by atoms with Gasteiger partial charge in [0, 0.05) is 10.9 Å². The lowest BCUT2D eigenvalue weighted by Gasteiger charge is -2.13. The van der Waals surface area contributed by atoms with Crippen molar-refractivity contribution in [1.29, 1.82) is 0 Å². The van der Waals surface area contributed by atoms with E-state index < -0.39 is 18.1 Å². The molecule has 2 unspecified atom stereocenters. The van der Waals surface area contributed by atoms with Crippen molar-refractivity contribution < 1.29 is 14.3 Å². The van der Waals surface area contributed by atoms with Gasteiger partial charge in [0.2, 0.25) is 6.17 Å². The number of aryl methyl sites for hydroxylation is 1. The molecule has 1 aliphatic carbocycles.